The number of benzene rings is 1. The molecule has 5 nitrogen and oxygen atoms in total. The number of hydrogen-bond acceptors (Lipinski definition) is 5. The lowest BCUT2D eigenvalue weighted by molar-refractivity contribution is -0.135. The number of thiazole rings is 1. The fourth-order valence-corrected chi connectivity index (χ4v) is 2.40. The number of aromatic nitrogens is 1. The summed E-state index contributed by atoms with van der Waals surface area (Å²) < 4.78 is 13.1. The SMILES string of the molecule is O=C(O)/C(O)=C/C(=O)c1csc(Cc2cccc(F)c2)n1. The first kappa shape index (κ1) is 14.9. The van der Waals surface area contributed by atoms with Gasteiger partial charge in [-0.15, -0.1) is 11.3 Å². The first-order chi connectivity index (χ1) is 9.95. The van der Waals surface area contributed by atoms with Gasteiger partial charge in [0.05, 0.1) is 5.01 Å². The standard InChI is InChI=1S/C14H10FNO4S/c15-9-3-1-2-8(4-9)5-13-16-10(7-21-13)11(17)6-12(18)14(19)20/h1-4,6-7,18H,5H2,(H,19,20)/b12-6-. The van der Waals surface area contributed by atoms with Gasteiger partial charge in [-0.3, -0.25) is 4.79 Å². The summed E-state index contributed by atoms with van der Waals surface area (Å²) in [6.07, 6.45) is 0.966. The van der Waals surface area contributed by atoms with Gasteiger partial charge in [0, 0.05) is 17.9 Å². The molecular formula is C14H10FNO4S. The molecule has 21 heavy (non-hydrogen) atoms. The van der Waals surface area contributed by atoms with Crippen molar-refractivity contribution in [3.63, 3.8) is 0 Å². The van der Waals surface area contributed by atoms with Crippen molar-refractivity contribution in [2.24, 2.45) is 0 Å². The van der Waals surface area contributed by atoms with Gasteiger partial charge in [-0.1, -0.05) is 12.1 Å². The highest BCUT2D eigenvalue weighted by Crippen LogP contribution is 2.16. The van der Waals surface area contributed by atoms with E-state index in [-0.39, 0.29) is 11.5 Å². The van der Waals surface area contributed by atoms with E-state index in [1.807, 2.05) is 0 Å². The minimum Gasteiger partial charge on any atom is -0.502 e. The maximum Gasteiger partial charge on any atom is 0.371 e. The van der Waals surface area contributed by atoms with E-state index in [1.54, 1.807) is 12.1 Å². The van der Waals surface area contributed by atoms with Crippen LogP contribution < -0.4 is 0 Å². The fraction of sp³-hybridized carbons (Fsp3) is 0.0714. The van der Waals surface area contributed by atoms with E-state index in [0.29, 0.717) is 23.1 Å². The van der Waals surface area contributed by atoms with E-state index in [9.17, 15) is 14.0 Å². The van der Waals surface area contributed by atoms with Crippen molar-refractivity contribution in [2.75, 3.05) is 0 Å². The molecule has 0 amide bonds. The summed E-state index contributed by atoms with van der Waals surface area (Å²) in [6, 6.07) is 6.03. The Morgan fingerprint density at radius 2 is 2.10 bits per heavy atom. The summed E-state index contributed by atoms with van der Waals surface area (Å²) in [5.74, 6) is -3.68. The molecule has 0 spiro atoms. The highest BCUT2D eigenvalue weighted by atomic mass is 32.1. The van der Waals surface area contributed by atoms with Crippen molar-refractivity contribution in [3.05, 3.63) is 63.6 Å². The van der Waals surface area contributed by atoms with Gasteiger partial charge in [0.25, 0.3) is 0 Å². The third kappa shape index (κ3) is 3.96. The van der Waals surface area contributed by atoms with E-state index < -0.39 is 17.5 Å². The van der Waals surface area contributed by atoms with Gasteiger partial charge >= 0.3 is 5.97 Å². The zero-order valence-corrected chi connectivity index (χ0v) is 11.4. The number of aliphatic hydroxyl groups excluding tert-OH is 1. The van der Waals surface area contributed by atoms with Crippen molar-refractivity contribution < 1.29 is 24.2 Å². The van der Waals surface area contributed by atoms with Crippen molar-refractivity contribution >= 4 is 23.1 Å². The molecule has 0 bridgehead atoms. The number of halogens is 1. The van der Waals surface area contributed by atoms with Crippen molar-refractivity contribution in [2.45, 2.75) is 6.42 Å². The quantitative estimate of drug-likeness (QED) is 0.503. The van der Waals surface area contributed by atoms with Crippen LogP contribution >= 0.6 is 11.3 Å². The van der Waals surface area contributed by atoms with E-state index in [1.165, 1.54) is 28.8 Å². The van der Waals surface area contributed by atoms with Crippen LogP contribution in [0.5, 0.6) is 0 Å². The number of rotatable bonds is 5. The number of carbonyl (C=O) groups excluding carboxylic acids is 1. The number of nitrogens with zero attached hydrogens (tertiary/aromatic N) is 1. The molecule has 1 aromatic carbocycles. The number of carbonyl (C=O) groups is 2. The number of carboxylic acids is 1. The second-order valence-electron chi connectivity index (χ2n) is 4.13. The molecule has 0 aliphatic heterocycles. The third-order valence-electron chi connectivity index (χ3n) is 2.54. The lowest BCUT2D eigenvalue weighted by Crippen LogP contribution is -2.04. The Balaban J connectivity index is 2.13. The van der Waals surface area contributed by atoms with Crippen LogP contribution in [0.3, 0.4) is 0 Å². The maximum absolute atomic E-state index is 13.1. The minimum atomic E-state index is -1.58. The molecule has 108 valence electrons. The highest BCUT2D eigenvalue weighted by molar-refractivity contribution is 7.09. The molecule has 7 heteroatoms. The Bertz CT molecular complexity index is 723. The van der Waals surface area contributed by atoms with E-state index in [0.717, 1.165) is 0 Å². The fourth-order valence-electron chi connectivity index (χ4n) is 1.59. The van der Waals surface area contributed by atoms with Crippen molar-refractivity contribution in [3.8, 4) is 0 Å². The molecule has 0 fully saturated rings. The molecule has 2 N–H and O–H groups in total. The Morgan fingerprint density at radius 3 is 2.76 bits per heavy atom. The average Bonchev–Trinajstić information content (AvgIpc) is 2.87. The van der Waals surface area contributed by atoms with E-state index in [2.05, 4.69) is 4.98 Å². The normalized spacial score (nSPS) is 11.4. The number of aliphatic carboxylic acids is 1. The van der Waals surface area contributed by atoms with E-state index in [4.69, 9.17) is 10.2 Å². The molecule has 0 atom stereocenters. The molecular weight excluding hydrogens is 297 g/mol. The Kier molecular flexibility index (Phi) is 4.44. The summed E-state index contributed by atoms with van der Waals surface area (Å²) >= 11 is 1.20. The van der Waals surface area contributed by atoms with Crippen LogP contribution in [0.2, 0.25) is 0 Å². The Hall–Kier alpha value is -2.54. The van der Waals surface area contributed by atoms with Crippen LogP contribution in [-0.2, 0) is 11.2 Å². The number of carboxylic acid groups (broad SMARTS) is 1. The molecule has 2 aromatic rings. The van der Waals surface area contributed by atoms with Crippen LogP contribution in [0.25, 0.3) is 0 Å². The van der Waals surface area contributed by atoms with Crippen LogP contribution in [0, 0.1) is 5.82 Å². The second kappa shape index (κ2) is 6.27. The molecule has 1 heterocycles. The minimum absolute atomic E-state index is 0.0409. The van der Waals surface area contributed by atoms with Gasteiger partial charge in [0.15, 0.2) is 0 Å². The monoisotopic (exact) mass is 307 g/mol. The maximum atomic E-state index is 13.1. The van der Waals surface area contributed by atoms with Crippen LogP contribution in [0.1, 0.15) is 21.1 Å². The van der Waals surface area contributed by atoms with Gasteiger partial charge in [0.1, 0.15) is 11.5 Å². The number of aliphatic hydroxyl groups is 1. The van der Waals surface area contributed by atoms with Crippen molar-refractivity contribution in [1.29, 1.82) is 0 Å². The zero-order chi connectivity index (χ0) is 15.4. The van der Waals surface area contributed by atoms with Gasteiger partial charge in [-0.25, -0.2) is 14.2 Å². The molecule has 1 aromatic heterocycles. The third-order valence-corrected chi connectivity index (χ3v) is 3.38. The molecule has 0 aliphatic rings. The van der Waals surface area contributed by atoms with Gasteiger partial charge in [-0.05, 0) is 17.7 Å². The van der Waals surface area contributed by atoms with E-state index >= 15 is 0 Å². The first-order valence-corrected chi connectivity index (χ1v) is 6.71. The smallest absolute Gasteiger partial charge is 0.371 e. The average molecular weight is 307 g/mol. The van der Waals surface area contributed by atoms with Gasteiger partial charge in [0.2, 0.25) is 11.5 Å². The van der Waals surface area contributed by atoms with Crippen LogP contribution in [0.4, 0.5) is 4.39 Å². The van der Waals surface area contributed by atoms with Gasteiger partial charge in [-0.2, -0.15) is 0 Å². The number of allylic oxidation sites excluding steroid dienone is 1. The number of ketones is 1. The number of hydrogen-bond donors (Lipinski definition) is 2. The summed E-state index contributed by atoms with van der Waals surface area (Å²) in [5.41, 5.74) is 0.756. The topological polar surface area (TPSA) is 87.5 Å². The molecule has 2 rings (SSSR count). The first-order valence-electron chi connectivity index (χ1n) is 5.83. The molecule has 0 saturated carbocycles. The highest BCUT2D eigenvalue weighted by Gasteiger charge is 2.13. The molecule has 0 unspecified atom stereocenters. The lowest BCUT2D eigenvalue weighted by Gasteiger charge is -1.97. The summed E-state index contributed by atoms with van der Waals surface area (Å²) in [7, 11) is 0. The zero-order valence-electron chi connectivity index (χ0n) is 10.6. The largest absolute Gasteiger partial charge is 0.502 e. The predicted molar refractivity (Wildman–Crippen MR) is 74.0 cm³/mol. The van der Waals surface area contributed by atoms with Gasteiger partial charge < -0.3 is 10.2 Å². The Morgan fingerprint density at radius 1 is 1.33 bits per heavy atom. The lowest BCUT2D eigenvalue weighted by atomic mass is 10.1. The molecule has 0 aliphatic carbocycles. The Labute approximate surface area is 123 Å². The van der Waals surface area contributed by atoms with Crippen LogP contribution in [0.15, 0.2) is 41.5 Å². The molecule has 0 saturated heterocycles. The van der Waals surface area contributed by atoms with Crippen LogP contribution in [-0.4, -0.2) is 26.9 Å². The summed E-state index contributed by atoms with van der Waals surface area (Å²) in [4.78, 5) is 26.1. The predicted octanol–water partition coefficient (Wildman–Crippen LogP) is 2.58. The molecule has 0 radical (unpaired) electrons. The summed E-state index contributed by atoms with van der Waals surface area (Å²) in [6.45, 7) is 0. The second-order valence-corrected chi connectivity index (χ2v) is 5.07. The van der Waals surface area contributed by atoms with Crippen molar-refractivity contribution in [1.82, 2.24) is 4.98 Å². The summed E-state index contributed by atoms with van der Waals surface area (Å²) in [5, 5.41) is 19.5.